The van der Waals surface area contributed by atoms with Crippen LogP contribution in [0.2, 0.25) is 0 Å². The maximum Gasteiger partial charge on any atom is 0.243 e. The van der Waals surface area contributed by atoms with Crippen LogP contribution in [-0.2, 0) is 10.0 Å². The second kappa shape index (κ2) is 4.82. The molecule has 1 heterocycles. The molecule has 1 aliphatic heterocycles. The van der Waals surface area contributed by atoms with Crippen molar-refractivity contribution in [3.8, 4) is 0 Å². The number of sulfonamides is 1. The molecule has 0 spiro atoms. The summed E-state index contributed by atoms with van der Waals surface area (Å²) in [5, 5.41) is 0. The molecule has 0 saturated carbocycles. The van der Waals surface area contributed by atoms with Gasteiger partial charge in [-0.05, 0) is 44.4 Å². The van der Waals surface area contributed by atoms with Crippen molar-refractivity contribution in [2.45, 2.75) is 31.6 Å². The van der Waals surface area contributed by atoms with E-state index in [-0.39, 0.29) is 5.41 Å². The quantitative estimate of drug-likeness (QED) is 0.804. The predicted octanol–water partition coefficient (Wildman–Crippen LogP) is 3.28. The minimum atomic E-state index is -3.42. The Hall–Kier alpha value is -1.39. The fourth-order valence-corrected chi connectivity index (χ4v) is 4.95. The summed E-state index contributed by atoms with van der Waals surface area (Å²) in [5.41, 5.74) is 3.51. The van der Waals surface area contributed by atoms with E-state index in [2.05, 4.69) is 13.5 Å². The number of rotatable bonds is 3. The Bertz CT molecular complexity index is 716. The molecule has 1 fully saturated rings. The van der Waals surface area contributed by atoms with Crippen molar-refractivity contribution in [3.05, 3.63) is 53.6 Å². The van der Waals surface area contributed by atoms with E-state index in [9.17, 15) is 8.42 Å². The topological polar surface area (TPSA) is 37.4 Å². The first kappa shape index (κ1) is 14.5. The Balaban J connectivity index is 1.98. The lowest BCUT2D eigenvalue weighted by molar-refractivity contribution is 0.399. The molecule has 0 bridgehead atoms. The van der Waals surface area contributed by atoms with Gasteiger partial charge in [0.15, 0.2) is 0 Å². The Morgan fingerprint density at radius 1 is 1.24 bits per heavy atom. The van der Waals surface area contributed by atoms with Gasteiger partial charge in [0.1, 0.15) is 0 Å². The van der Waals surface area contributed by atoms with Crippen molar-refractivity contribution in [1.29, 1.82) is 0 Å². The number of hydrogen-bond acceptors (Lipinski definition) is 2. The molecule has 0 N–H and O–H groups in total. The first-order valence-electron chi connectivity index (χ1n) is 7.28. The maximum absolute atomic E-state index is 12.8. The number of hydrogen-bond donors (Lipinski definition) is 0. The highest BCUT2D eigenvalue weighted by atomic mass is 32.2. The lowest BCUT2D eigenvalue weighted by atomic mass is 9.84. The van der Waals surface area contributed by atoms with E-state index in [1.54, 1.807) is 16.4 Å². The van der Waals surface area contributed by atoms with Gasteiger partial charge in [0.05, 0.1) is 4.90 Å². The molecule has 1 aromatic carbocycles. The van der Waals surface area contributed by atoms with Crippen LogP contribution in [0.1, 0.15) is 25.3 Å². The van der Waals surface area contributed by atoms with Crippen LogP contribution < -0.4 is 0 Å². The molecular weight excluding hydrogens is 282 g/mol. The van der Waals surface area contributed by atoms with Gasteiger partial charge >= 0.3 is 0 Å². The van der Waals surface area contributed by atoms with Gasteiger partial charge in [-0.1, -0.05) is 29.3 Å². The molecule has 2 aliphatic rings. The average Bonchev–Trinajstić information content (AvgIpc) is 2.98. The summed E-state index contributed by atoms with van der Waals surface area (Å²) < 4.78 is 27.2. The third-order valence-corrected chi connectivity index (χ3v) is 6.71. The zero-order valence-corrected chi connectivity index (χ0v) is 13.4. The van der Waals surface area contributed by atoms with Gasteiger partial charge in [-0.15, -0.1) is 6.58 Å². The highest BCUT2D eigenvalue weighted by Gasteiger charge is 2.47. The van der Waals surface area contributed by atoms with Crippen molar-refractivity contribution < 1.29 is 8.42 Å². The van der Waals surface area contributed by atoms with Gasteiger partial charge < -0.3 is 0 Å². The number of allylic oxidation sites excluding steroid dienone is 1. The Morgan fingerprint density at radius 3 is 2.48 bits per heavy atom. The minimum Gasteiger partial charge on any atom is -0.207 e. The number of aryl methyl sites for hydroxylation is 1. The standard InChI is InChI=1S/C17H21NO2S/c1-4-17-10-9-14(3)16(17)11-18(12-17)21(19,20)15-7-5-13(2)6-8-15/h4-8H,1,9-12H2,2-3H3/t17-/m0/s1. The normalized spacial score (nSPS) is 26.2. The molecule has 0 unspecified atom stereocenters. The van der Waals surface area contributed by atoms with E-state index in [1.807, 2.05) is 25.1 Å². The van der Waals surface area contributed by atoms with Crippen LogP contribution in [0.4, 0.5) is 0 Å². The third-order valence-electron chi connectivity index (χ3n) is 4.90. The van der Waals surface area contributed by atoms with Gasteiger partial charge in [0, 0.05) is 18.5 Å². The van der Waals surface area contributed by atoms with Crippen LogP contribution in [-0.4, -0.2) is 25.8 Å². The molecule has 1 aliphatic carbocycles. The van der Waals surface area contributed by atoms with Crippen molar-refractivity contribution in [2.24, 2.45) is 5.41 Å². The van der Waals surface area contributed by atoms with E-state index in [4.69, 9.17) is 0 Å². The van der Waals surface area contributed by atoms with Crippen molar-refractivity contribution in [1.82, 2.24) is 4.31 Å². The molecule has 1 aromatic rings. The zero-order chi connectivity index (χ0) is 15.3. The average molecular weight is 303 g/mol. The first-order valence-corrected chi connectivity index (χ1v) is 8.73. The van der Waals surface area contributed by atoms with Crippen LogP contribution in [0.3, 0.4) is 0 Å². The first-order chi connectivity index (χ1) is 9.89. The third kappa shape index (κ3) is 2.17. The van der Waals surface area contributed by atoms with E-state index in [0.717, 1.165) is 18.4 Å². The van der Waals surface area contributed by atoms with E-state index in [0.29, 0.717) is 18.0 Å². The largest absolute Gasteiger partial charge is 0.243 e. The molecule has 0 radical (unpaired) electrons. The monoisotopic (exact) mass is 303 g/mol. The van der Waals surface area contributed by atoms with Gasteiger partial charge in [-0.2, -0.15) is 4.31 Å². The molecule has 3 rings (SSSR count). The van der Waals surface area contributed by atoms with Gasteiger partial charge in [0.25, 0.3) is 0 Å². The summed E-state index contributed by atoms with van der Waals surface area (Å²) in [5.74, 6) is 0. The fraction of sp³-hybridized carbons (Fsp3) is 0.412. The van der Waals surface area contributed by atoms with Gasteiger partial charge in [0.2, 0.25) is 10.0 Å². The number of nitrogens with zero attached hydrogens (tertiary/aromatic N) is 1. The lowest BCUT2D eigenvalue weighted by Gasteiger charge is -2.22. The van der Waals surface area contributed by atoms with Crippen LogP contribution in [0.15, 0.2) is 53.0 Å². The summed E-state index contributed by atoms with van der Waals surface area (Å²) in [6, 6.07) is 7.08. The van der Waals surface area contributed by atoms with Crippen molar-refractivity contribution in [2.75, 3.05) is 13.1 Å². The SMILES string of the molecule is C=C[C@@]12CCC(C)=C1CN(S(=O)(=O)c1ccc(C)cc1)C2. The highest BCUT2D eigenvalue weighted by molar-refractivity contribution is 7.89. The summed E-state index contributed by atoms with van der Waals surface area (Å²) in [4.78, 5) is 0.380. The van der Waals surface area contributed by atoms with E-state index < -0.39 is 10.0 Å². The molecule has 1 saturated heterocycles. The summed E-state index contributed by atoms with van der Waals surface area (Å²) in [6.45, 7) is 9.06. The highest BCUT2D eigenvalue weighted by Crippen LogP contribution is 2.49. The van der Waals surface area contributed by atoms with Gasteiger partial charge in [-0.25, -0.2) is 8.42 Å². The minimum absolute atomic E-state index is 0.137. The van der Waals surface area contributed by atoms with Crippen LogP contribution >= 0.6 is 0 Å². The van der Waals surface area contributed by atoms with Crippen LogP contribution in [0.25, 0.3) is 0 Å². The maximum atomic E-state index is 12.8. The predicted molar refractivity (Wildman–Crippen MR) is 84.5 cm³/mol. The summed E-state index contributed by atoms with van der Waals surface area (Å²) >= 11 is 0. The molecule has 112 valence electrons. The molecule has 3 nitrogen and oxygen atoms in total. The van der Waals surface area contributed by atoms with E-state index in [1.165, 1.54) is 11.1 Å². The molecule has 1 atom stereocenters. The zero-order valence-electron chi connectivity index (χ0n) is 12.6. The van der Waals surface area contributed by atoms with Crippen LogP contribution in [0, 0.1) is 12.3 Å². The summed E-state index contributed by atoms with van der Waals surface area (Å²) in [7, 11) is -3.42. The van der Waals surface area contributed by atoms with E-state index >= 15 is 0 Å². The van der Waals surface area contributed by atoms with Gasteiger partial charge in [-0.3, -0.25) is 0 Å². The van der Waals surface area contributed by atoms with Crippen LogP contribution in [0.5, 0.6) is 0 Å². The second-order valence-electron chi connectivity index (χ2n) is 6.21. The Labute approximate surface area is 127 Å². The Kier molecular flexibility index (Phi) is 3.34. The number of benzene rings is 1. The molecular formula is C17H21NO2S. The molecule has 21 heavy (non-hydrogen) atoms. The molecule has 4 heteroatoms. The fourth-order valence-electron chi connectivity index (χ4n) is 3.47. The Morgan fingerprint density at radius 2 is 1.90 bits per heavy atom. The van der Waals surface area contributed by atoms with Crippen molar-refractivity contribution in [3.63, 3.8) is 0 Å². The second-order valence-corrected chi connectivity index (χ2v) is 8.14. The lowest BCUT2D eigenvalue weighted by Crippen LogP contribution is -2.31. The van der Waals surface area contributed by atoms with Crippen molar-refractivity contribution >= 4 is 10.0 Å². The number of fused-ring (bicyclic) bond motifs is 1. The summed E-state index contributed by atoms with van der Waals surface area (Å²) in [6.07, 6.45) is 3.99. The molecule has 0 amide bonds. The smallest absolute Gasteiger partial charge is 0.207 e. The molecule has 0 aromatic heterocycles.